The average Bonchev–Trinajstić information content (AvgIpc) is 3.18. The molecule has 0 bridgehead atoms. The molecule has 1 spiro atoms. The number of alkyl halides is 3. The maximum absolute atomic E-state index is 13.4. The van der Waals surface area contributed by atoms with Gasteiger partial charge in [0.25, 0.3) is 0 Å². The van der Waals surface area contributed by atoms with Gasteiger partial charge >= 0.3 is 27.7 Å². The van der Waals surface area contributed by atoms with Gasteiger partial charge in [0.1, 0.15) is 13.8 Å². The average molecular weight is 646 g/mol. The number of halogens is 3. The largest absolute Gasteiger partial charge is 0.534 e. The van der Waals surface area contributed by atoms with Crippen molar-refractivity contribution in [2.24, 2.45) is 0 Å². The number of nitrogens with zero attached hydrogens (tertiary/aromatic N) is 1. The van der Waals surface area contributed by atoms with Gasteiger partial charge in [0.05, 0.1) is 5.56 Å². The molecule has 1 fully saturated rings. The smallest absolute Gasteiger partial charge is 0.441 e. The fourth-order valence-corrected chi connectivity index (χ4v) is 9.74. The Balaban J connectivity index is 0.00000123. The Labute approximate surface area is 253 Å². The van der Waals surface area contributed by atoms with Gasteiger partial charge in [-0.05, 0) is 64.2 Å². The molecule has 13 heteroatoms. The first kappa shape index (κ1) is 31.5. The molecule has 8 nitrogen and oxygen atoms in total. The van der Waals surface area contributed by atoms with Crippen LogP contribution in [0, 0.1) is 0 Å². The topological polar surface area (TPSA) is 107 Å². The van der Waals surface area contributed by atoms with Crippen LogP contribution in [-0.4, -0.2) is 47.2 Å². The van der Waals surface area contributed by atoms with Crippen molar-refractivity contribution in [3.05, 3.63) is 82.4 Å². The molecule has 3 aliphatic heterocycles. The summed E-state index contributed by atoms with van der Waals surface area (Å²) in [6.07, 6.45) is 1.33. The number of carbonyl (C=O) groups is 1. The van der Waals surface area contributed by atoms with Crippen LogP contribution in [0.4, 0.5) is 18.9 Å². The van der Waals surface area contributed by atoms with Crippen molar-refractivity contribution in [2.45, 2.75) is 56.8 Å². The van der Waals surface area contributed by atoms with Crippen molar-refractivity contribution >= 4 is 46.4 Å². The normalized spacial score (nSPS) is 19.8. The molecule has 6 rings (SSSR count). The van der Waals surface area contributed by atoms with Gasteiger partial charge in [-0.1, -0.05) is 52.1 Å². The summed E-state index contributed by atoms with van der Waals surface area (Å²) < 4.78 is 74.2. The fourth-order valence-electron chi connectivity index (χ4n) is 6.12. The summed E-state index contributed by atoms with van der Waals surface area (Å²) >= 11 is 0. The van der Waals surface area contributed by atoms with Gasteiger partial charge in [0.2, 0.25) is 0 Å². The van der Waals surface area contributed by atoms with Crippen molar-refractivity contribution in [2.75, 3.05) is 18.0 Å². The lowest BCUT2D eigenvalue weighted by atomic mass is 9.76. The van der Waals surface area contributed by atoms with Gasteiger partial charge in [0, 0.05) is 35.5 Å². The Morgan fingerprint density at radius 3 is 2.05 bits per heavy atom. The molecular formula is C31H30F3NO7SSi. The van der Waals surface area contributed by atoms with Crippen LogP contribution in [-0.2, 0) is 35.5 Å². The minimum Gasteiger partial charge on any atom is -0.441 e. The van der Waals surface area contributed by atoms with E-state index in [4.69, 9.17) is 14.3 Å². The van der Waals surface area contributed by atoms with E-state index in [9.17, 15) is 26.4 Å². The van der Waals surface area contributed by atoms with Crippen molar-refractivity contribution < 1.29 is 44.9 Å². The van der Waals surface area contributed by atoms with Gasteiger partial charge in [-0.3, -0.25) is 0 Å². The monoisotopic (exact) mass is 645 g/mol. The van der Waals surface area contributed by atoms with E-state index in [1.165, 1.54) is 12.1 Å². The van der Waals surface area contributed by atoms with E-state index < -0.39 is 41.0 Å². The first-order chi connectivity index (χ1) is 20.4. The third kappa shape index (κ3) is 4.83. The quantitative estimate of drug-likeness (QED) is 0.178. The summed E-state index contributed by atoms with van der Waals surface area (Å²) in [6, 6.07) is 15.9. The van der Waals surface area contributed by atoms with E-state index in [1.807, 2.05) is 24.3 Å². The molecule has 0 N–H and O–H groups in total. The summed E-state index contributed by atoms with van der Waals surface area (Å²) in [5.74, 6) is -0.933. The van der Waals surface area contributed by atoms with Crippen LogP contribution in [0.15, 0.2) is 54.6 Å². The van der Waals surface area contributed by atoms with Crippen molar-refractivity contribution in [1.29, 1.82) is 0 Å². The standard InChI is InChI=1S/C30H30F3NO5SSi.CO2/c1-28(2,3)18-7-10-21-24(15-18)29(38-27(21)35)22-11-8-19(34-13-6-14-34)16-25(22)41(4,5)26-17-20(9-12-23(26)29)39-40(36,37)30(31,32)33;2-1-3/h7-12,15-17H,6,13-14H2,1-5H3;. The highest BCUT2D eigenvalue weighted by molar-refractivity contribution is 7.88. The van der Waals surface area contributed by atoms with Gasteiger partial charge in [0.15, 0.2) is 5.60 Å². The second-order valence-electron chi connectivity index (χ2n) is 12.6. The van der Waals surface area contributed by atoms with Crippen LogP contribution >= 0.6 is 0 Å². The van der Waals surface area contributed by atoms with Crippen molar-refractivity contribution in [1.82, 2.24) is 0 Å². The summed E-state index contributed by atoms with van der Waals surface area (Å²) in [5, 5.41) is 1.61. The molecule has 1 unspecified atom stereocenters. The molecule has 3 heterocycles. The molecule has 3 aliphatic rings. The Morgan fingerprint density at radius 1 is 0.909 bits per heavy atom. The third-order valence-corrected chi connectivity index (χ3v) is 13.0. The molecule has 0 radical (unpaired) electrons. The predicted molar refractivity (Wildman–Crippen MR) is 158 cm³/mol. The Hall–Kier alpha value is -3.93. The van der Waals surface area contributed by atoms with E-state index >= 15 is 0 Å². The molecule has 0 saturated carbocycles. The lowest BCUT2D eigenvalue weighted by Crippen LogP contribution is -2.63. The molecule has 1 atom stereocenters. The zero-order valence-electron chi connectivity index (χ0n) is 24.7. The predicted octanol–water partition coefficient (Wildman–Crippen LogP) is 4.44. The maximum Gasteiger partial charge on any atom is 0.534 e. The molecule has 3 aromatic rings. The third-order valence-electron chi connectivity index (χ3n) is 8.54. The van der Waals surface area contributed by atoms with Crippen molar-refractivity contribution in [3.63, 3.8) is 0 Å². The molecule has 0 aliphatic carbocycles. The molecule has 232 valence electrons. The highest BCUT2D eigenvalue weighted by Gasteiger charge is 2.57. The highest BCUT2D eigenvalue weighted by atomic mass is 32.2. The SMILES string of the molecule is CC(C)(C)c1ccc2c(c1)C1(OC2=O)c2ccc(OS(=O)(=O)C(F)(F)F)cc2[Si](C)(C)c2cc(N3CCC3)ccc21.O=C=O. The van der Waals surface area contributed by atoms with Crippen LogP contribution in [0.5, 0.6) is 5.75 Å². The van der Waals surface area contributed by atoms with Crippen LogP contribution in [0.3, 0.4) is 0 Å². The zero-order valence-corrected chi connectivity index (χ0v) is 26.5. The molecule has 44 heavy (non-hydrogen) atoms. The number of hydrogen-bond acceptors (Lipinski definition) is 8. The number of ether oxygens (including phenoxy) is 1. The molecule has 3 aromatic carbocycles. The lowest BCUT2D eigenvalue weighted by Gasteiger charge is -2.45. The maximum atomic E-state index is 13.4. The lowest BCUT2D eigenvalue weighted by molar-refractivity contribution is -0.191. The second-order valence-corrected chi connectivity index (χ2v) is 18.4. The van der Waals surface area contributed by atoms with E-state index in [1.54, 1.807) is 12.1 Å². The number of carbonyl (C=O) groups excluding carboxylic acids is 3. The van der Waals surface area contributed by atoms with Gasteiger partial charge in [-0.15, -0.1) is 0 Å². The number of hydrogen-bond donors (Lipinski definition) is 0. The second kappa shape index (κ2) is 10.3. The summed E-state index contributed by atoms with van der Waals surface area (Å²) in [6.45, 7) is 12.2. The van der Waals surface area contributed by atoms with E-state index in [0.717, 1.165) is 41.5 Å². The number of rotatable bonds is 3. The number of fused-ring (bicyclic) bond motifs is 6. The summed E-state index contributed by atoms with van der Waals surface area (Å²) in [4.78, 5) is 31.9. The molecule has 0 amide bonds. The molecular weight excluding hydrogens is 615 g/mol. The van der Waals surface area contributed by atoms with E-state index in [-0.39, 0.29) is 11.6 Å². The van der Waals surface area contributed by atoms with Crippen LogP contribution in [0.2, 0.25) is 13.1 Å². The molecule has 1 saturated heterocycles. The number of anilines is 1. The number of esters is 1. The molecule has 0 aromatic heterocycles. The fraction of sp³-hybridized carbons (Fsp3) is 0.355. The van der Waals surface area contributed by atoms with Gasteiger partial charge in [-0.25, -0.2) is 4.79 Å². The highest BCUT2D eigenvalue weighted by Crippen LogP contribution is 2.50. The van der Waals surface area contributed by atoms with Crippen LogP contribution < -0.4 is 19.5 Å². The van der Waals surface area contributed by atoms with Crippen molar-refractivity contribution in [3.8, 4) is 5.75 Å². The summed E-state index contributed by atoms with van der Waals surface area (Å²) in [5.41, 5.74) is -2.63. The first-order valence-electron chi connectivity index (χ1n) is 13.8. The van der Waals surface area contributed by atoms with E-state index in [2.05, 4.69) is 49.0 Å². The Bertz CT molecular complexity index is 1820. The van der Waals surface area contributed by atoms with E-state index in [0.29, 0.717) is 21.9 Å². The van der Waals surface area contributed by atoms with Gasteiger partial charge < -0.3 is 13.8 Å². The zero-order chi connectivity index (χ0) is 32.5. The number of benzene rings is 3. The summed E-state index contributed by atoms with van der Waals surface area (Å²) in [7, 11) is -8.58. The minimum absolute atomic E-state index is 0.235. The van der Waals surface area contributed by atoms with Gasteiger partial charge in [-0.2, -0.15) is 31.2 Å². The van der Waals surface area contributed by atoms with Crippen LogP contribution in [0.1, 0.15) is 59.8 Å². The Kier molecular flexibility index (Phi) is 7.39. The first-order valence-corrected chi connectivity index (χ1v) is 18.2. The minimum atomic E-state index is -5.87. The van der Waals surface area contributed by atoms with Crippen LogP contribution in [0.25, 0.3) is 0 Å². The Morgan fingerprint density at radius 2 is 1.50 bits per heavy atom.